The molecule has 2 aromatic heterocycles. The maximum atomic E-state index is 14.3. The number of piperidine rings is 1. The van der Waals surface area contributed by atoms with Gasteiger partial charge >= 0.3 is 6.18 Å². The molecule has 0 radical (unpaired) electrons. The summed E-state index contributed by atoms with van der Waals surface area (Å²) in [7, 11) is 0. The predicted molar refractivity (Wildman–Crippen MR) is 109 cm³/mol. The van der Waals surface area contributed by atoms with E-state index in [9.17, 15) is 22.4 Å². The van der Waals surface area contributed by atoms with E-state index in [1.165, 1.54) is 29.5 Å². The van der Waals surface area contributed by atoms with Gasteiger partial charge in [-0.2, -0.15) is 18.3 Å². The molecule has 12 heteroatoms. The number of halogens is 5. The Morgan fingerprint density at radius 1 is 1.19 bits per heavy atom. The molecule has 1 saturated heterocycles. The molecule has 3 heterocycles. The smallest absolute Gasteiger partial charge is 0.355 e. The van der Waals surface area contributed by atoms with Gasteiger partial charge in [0, 0.05) is 30.9 Å². The molecule has 1 aromatic carbocycles. The summed E-state index contributed by atoms with van der Waals surface area (Å²) in [6.07, 6.45) is -0.226. The molecule has 4 rings (SSSR count). The van der Waals surface area contributed by atoms with Crippen molar-refractivity contribution in [2.45, 2.75) is 19.0 Å². The number of alkyl halides is 3. The second kappa shape index (κ2) is 8.73. The van der Waals surface area contributed by atoms with E-state index in [0.717, 1.165) is 12.3 Å². The van der Waals surface area contributed by atoms with Gasteiger partial charge in [-0.15, -0.1) is 0 Å². The minimum absolute atomic E-state index is 0.0920. The minimum atomic E-state index is -4.52. The SMILES string of the molecule is O=C(Nc1ccc(-n2cncn2)c(F)c1)C1CCN(c2ncc(C(F)(F)F)cc2Cl)CC1. The van der Waals surface area contributed by atoms with Crippen molar-refractivity contribution in [1.82, 2.24) is 19.7 Å². The van der Waals surface area contributed by atoms with Crippen molar-refractivity contribution in [2.75, 3.05) is 23.3 Å². The Hall–Kier alpha value is -3.21. The lowest BCUT2D eigenvalue weighted by atomic mass is 9.95. The fourth-order valence-corrected chi connectivity index (χ4v) is 3.81. The van der Waals surface area contributed by atoms with Crippen molar-refractivity contribution in [3.8, 4) is 5.69 Å². The van der Waals surface area contributed by atoms with Crippen molar-refractivity contribution in [1.29, 1.82) is 0 Å². The molecular weight excluding hydrogens is 452 g/mol. The number of pyridine rings is 1. The maximum absolute atomic E-state index is 14.3. The van der Waals surface area contributed by atoms with E-state index in [-0.39, 0.29) is 28.4 Å². The minimum Gasteiger partial charge on any atom is -0.355 e. The molecule has 3 aromatic rings. The van der Waals surface area contributed by atoms with Crippen LogP contribution in [0.2, 0.25) is 5.02 Å². The normalized spacial score (nSPS) is 15.1. The third-order valence-electron chi connectivity index (χ3n) is 5.20. The Balaban J connectivity index is 1.36. The molecule has 1 fully saturated rings. The van der Waals surface area contributed by atoms with Crippen molar-refractivity contribution >= 4 is 29.0 Å². The summed E-state index contributed by atoms with van der Waals surface area (Å²) in [6, 6.07) is 5.11. The molecule has 1 N–H and O–H groups in total. The lowest BCUT2D eigenvalue weighted by Gasteiger charge is -2.32. The van der Waals surface area contributed by atoms with E-state index in [1.54, 1.807) is 11.0 Å². The van der Waals surface area contributed by atoms with E-state index in [2.05, 4.69) is 20.4 Å². The third kappa shape index (κ3) is 4.67. The first-order valence-electron chi connectivity index (χ1n) is 9.65. The molecule has 0 atom stereocenters. The van der Waals surface area contributed by atoms with Gasteiger partial charge in [-0.3, -0.25) is 4.79 Å². The zero-order chi connectivity index (χ0) is 22.9. The zero-order valence-corrected chi connectivity index (χ0v) is 17.2. The van der Waals surface area contributed by atoms with Gasteiger partial charge < -0.3 is 10.2 Å². The highest BCUT2D eigenvalue weighted by atomic mass is 35.5. The number of aromatic nitrogens is 4. The number of carbonyl (C=O) groups is 1. The number of hydrogen-bond acceptors (Lipinski definition) is 5. The van der Waals surface area contributed by atoms with Crippen LogP contribution in [0, 0.1) is 11.7 Å². The van der Waals surface area contributed by atoms with E-state index in [1.807, 2.05) is 0 Å². The molecule has 168 valence electrons. The van der Waals surface area contributed by atoms with Gasteiger partial charge in [-0.25, -0.2) is 19.0 Å². The molecule has 1 aliphatic heterocycles. The van der Waals surface area contributed by atoms with Crippen LogP contribution in [-0.4, -0.2) is 38.7 Å². The molecule has 0 aliphatic carbocycles. The first kappa shape index (κ1) is 22.0. The van der Waals surface area contributed by atoms with Crippen LogP contribution in [0.5, 0.6) is 0 Å². The predicted octanol–water partition coefficient (Wildman–Crippen LogP) is 4.33. The van der Waals surface area contributed by atoms with E-state index in [0.29, 0.717) is 31.6 Å². The molecule has 0 unspecified atom stereocenters. The van der Waals surface area contributed by atoms with Gasteiger partial charge in [0.15, 0.2) is 5.82 Å². The number of benzene rings is 1. The quantitative estimate of drug-likeness (QED) is 0.577. The van der Waals surface area contributed by atoms with E-state index < -0.39 is 17.6 Å². The van der Waals surface area contributed by atoms with Gasteiger partial charge in [0.2, 0.25) is 5.91 Å². The lowest BCUT2D eigenvalue weighted by Crippen LogP contribution is -2.38. The van der Waals surface area contributed by atoms with Crippen LogP contribution < -0.4 is 10.2 Å². The van der Waals surface area contributed by atoms with E-state index >= 15 is 0 Å². The summed E-state index contributed by atoms with van der Waals surface area (Å²) in [5.41, 5.74) is -0.399. The van der Waals surface area contributed by atoms with Gasteiger partial charge in [-0.1, -0.05) is 11.6 Å². The topological polar surface area (TPSA) is 75.9 Å². The number of hydrogen-bond donors (Lipinski definition) is 1. The molecular formula is C20H17ClF4N6O. The number of amides is 1. The number of nitrogens with zero attached hydrogens (tertiary/aromatic N) is 5. The molecule has 1 aliphatic rings. The van der Waals surface area contributed by atoms with Crippen molar-refractivity contribution in [3.05, 3.63) is 59.5 Å². The van der Waals surface area contributed by atoms with Gasteiger partial charge in [-0.05, 0) is 37.1 Å². The number of anilines is 2. The maximum Gasteiger partial charge on any atom is 0.417 e. The molecule has 32 heavy (non-hydrogen) atoms. The standard InChI is InChI=1S/C20H17ClF4N6O/c21-15-7-13(20(23,24)25)9-27-18(15)30-5-3-12(4-6-30)19(32)29-14-1-2-17(16(22)8-14)31-11-26-10-28-31/h1-2,7-12H,3-6H2,(H,29,32). The van der Waals surface area contributed by atoms with Crippen molar-refractivity contribution in [3.63, 3.8) is 0 Å². The zero-order valence-electron chi connectivity index (χ0n) is 16.5. The van der Waals surface area contributed by atoms with Crippen LogP contribution in [0.3, 0.4) is 0 Å². The molecule has 0 spiro atoms. The fraction of sp³-hybridized carbons (Fsp3) is 0.300. The highest BCUT2D eigenvalue weighted by molar-refractivity contribution is 6.33. The van der Waals surface area contributed by atoms with Crippen LogP contribution in [0.1, 0.15) is 18.4 Å². The van der Waals surface area contributed by atoms with E-state index in [4.69, 9.17) is 11.6 Å². The Bertz CT molecular complexity index is 1110. The average Bonchev–Trinajstić information content (AvgIpc) is 3.28. The summed E-state index contributed by atoms with van der Waals surface area (Å²) in [6.45, 7) is 0.797. The Morgan fingerprint density at radius 3 is 2.53 bits per heavy atom. The summed E-state index contributed by atoms with van der Waals surface area (Å²) in [5, 5.41) is 6.48. The molecule has 1 amide bonds. The second-order valence-electron chi connectivity index (χ2n) is 7.28. The summed E-state index contributed by atoms with van der Waals surface area (Å²) >= 11 is 6.01. The largest absolute Gasteiger partial charge is 0.417 e. The first-order chi connectivity index (χ1) is 15.2. The Labute approximate surface area is 185 Å². The monoisotopic (exact) mass is 468 g/mol. The highest BCUT2D eigenvalue weighted by Gasteiger charge is 2.33. The third-order valence-corrected chi connectivity index (χ3v) is 5.47. The van der Waals surface area contributed by atoms with Gasteiger partial charge in [0.05, 0.1) is 10.6 Å². The second-order valence-corrected chi connectivity index (χ2v) is 7.69. The van der Waals surface area contributed by atoms with Crippen LogP contribution in [-0.2, 0) is 11.0 Å². The Morgan fingerprint density at radius 2 is 1.94 bits per heavy atom. The average molecular weight is 469 g/mol. The van der Waals surface area contributed by atoms with Crippen LogP contribution in [0.25, 0.3) is 5.69 Å². The number of nitrogens with one attached hydrogen (secondary N) is 1. The molecule has 0 bridgehead atoms. The lowest BCUT2D eigenvalue weighted by molar-refractivity contribution is -0.137. The van der Waals surface area contributed by atoms with Crippen LogP contribution >= 0.6 is 11.6 Å². The van der Waals surface area contributed by atoms with Gasteiger partial charge in [0.25, 0.3) is 0 Å². The highest BCUT2D eigenvalue weighted by Crippen LogP contribution is 2.34. The summed E-state index contributed by atoms with van der Waals surface area (Å²) < 4.78 is 54.0. The van der Waals surface area contributed by atoms with Crippen molar-refractivity contribution < 1.29 is 22.4 Å². The Kier molecular flexibility index (Phi) is 6.00. The summed E-state index contributed by atoms with van der Waals surface area (Å²) in [5.74, 6) is -0.906. The molecule has 0 saturated carbocycles. The summed E-state index contributed by atoms with van der Waals surface area (Å²) in [4.78, 5) is 22.0. The molecule has 7 nitrogen and oxygen atoms in total. The fourth-order valence-electron chi connectivity index (χ4n) is 3.52. The number of carbonyl (C=O) groups excluding carboxylic acids is 1. The van der Waals surface area contributed by atoms with Crippen LogP contribution in [0.15, 0.2) is 43.1 Å². The van der Waals surface area contributed by atoms with Crippen molar-refractivity contribution in [2.24, 2.45) is 5.92 Å². The van der Waals surface area contributed by atoms with Crippen LogP contribution in [0.4, 0.5) is 29.1 Å². The first-order valence-corrected chi connectivity index (χ1v) is 10.0. The van der Waals surface area contributed by atoms with Gasteiger partial charge in [0.1, 0.15) is 24.2 Å². The number of rotatable bonds is 4.